The van der Waals surface area contributed by atoms with Crippen LogP contribution in [0.4, 0.5) is 4.39 Å². The molecule has 3 aromatic rings. The van der Waals surface area contributed by atoms with Gasteiger partial charge in [0.15, 0.2) is 0 Å². The summed E-state index contributed by atoms with van der Waals surface area (Å²) >= 11 is 0. The van der Waals surface area contributed by atoms with Gasteiger partial charge >= 0.3 is 5.97 Å². The molecule has 0 aliphatic rings. The molecule has 0 saturated heterocycles. The number of fused-ring (bicyclic) bond motifs is 1. The number of aryl methyl sites for hydroxylation is 1. The van der Waals surface area contributed by atoms with Crippen LogP contribution in [0, 0.1) is 5.82 Å². The van der Waals surface area contributed by atoms with Crippen molar-refractivity contribution in [3.8, 4) is 11.3 Å². The first kappa shape index (κ1) is 21.4. The van der Waals surface area contributed by atoms with E-state index in [0.717, 1.165) is 5.56 Å². The highest BCUT2D eigenvalue weighted by Crippen LogP contribution is 2.26. The predicted octanol–water partition coefficient (Wildman–Crippen LogP) is 4.37. The lowest BCUT2D eigenvalue weighted by Gasteiger charge is -2.12. The molecule has 3 rings (SSSR count). The van der Waals surface area contributed by atoms with Gasteiger partial charge in [0.1, 0.15) is 5.82 Å². The van der Waals surface area contributed by atoms with Crippen LogP contribution in [0.25, 0.3) is 22.3 Å². The third-order valence-electron chi connectivity index (χ3n) is 4.59. The van der Waals surface area contributed by atoms with Crippen LogP contribution in [0.1, 0.15) is 49.2 Å². The highest BCUT2D eigenvalue weighted by Gasteiger charge is 2.14. The Kier molecular flexibility index (Phi) is 6.72. The minimum absolute atomic E-state index is 0.0185. The fraction of sp³-hybridized carbons (Fsp3) is 0.304. The lowest BCUT2D eigenvalue weighted by Crippen LogP contribution is -2.30. The van der Waals surface area contributed by atoms with Crippen molar-refractivity contribution in [2.75, 3.05) is 0 Å². The standard InChI is InChI=1S/C23H24FN3O3/c1-14(2)25-23(30)16-9-12-18-20(13-16)26-19(5-3-4-6-21(28)29)22(27-18)15-7-10-17(24)11-8-15/h7-14H,3-6H2,1-2H3,(H,25,30)(H,28,29). The van der Waals surface area contributed by atoms with E-state index in [1.807, 2.05) is 13.8 Å². The summed E-state index contributed by atoms with van der Waals surface area (Å²) in [6.45, 7) is 3.78. The molecule has 0 fully saturated rings. The number of rotatable bonds is 8. The number of nitrogens with zero attached hydrogens (tertiary/aromatic N) is 2. The number of hydrogen-bond acceptors (Lipinski definition) is 4. The lowest BCUT2D eigenvalue weighted by molar-refractivity contribution is -0.137. The van der Waals surface area contributed by atoms with Gasteiger partial charge in [-0.25, -0.2) is 14.4 Å². The first-order valence-corrected chi connectivity index (χ1v) is 9.93. The van der Waals surface area contributed by atoms with Crippen molar-refractivity contribution in [1.29, 1.82) is 0 Å². The van der Waals surface area contributed by atoms with Crippen molar-refractivity contribution < 1.29 is 19.1 Å². The third-order valence-corrected chi connectivity index (χ3v) is 4.59. The van der Waals surface area contributed by atoms with Crippen LogP contribution in [0.2, 0.25) is 0 Å². The van der Waals surface area contributed by atoms with E-state index in [2.05, 4.69) is 5.32 Å². The van der Waals surface area contributed by atoms with E-state index in [1.165, 1.54) is 12.1 Å². The molecular formula is C23H24FN3O3. The normalized spacial score (nSPS) is 11.1. The smallest absolute Gasteiger partial charge is 0.303 e. The van der Waals surface area contributed by atoms with Crippen molar-refractivity contribution in [2.24, 2.45) is 0 Å². The highest BCUT2D eigenvalue weighted by molar-refractivity contribution is 5.97. The first-order chi connectivity index (χ1) is 14.3. The largest absolute Gasteiger partial charge is 0.481 e. The van der Waals surface area contributed by atoms with E-state index in [4.69, 9.17) is 15.1 Å². The summed E-state index contributed by atoms with van der Waals surface area (Å²) in [5, 5.41) is 11.7. The van der Waals surface area contributed by atoms with Crippen LogP contribution in [0.15, 0.2) is 42.5 Å². The number of carboxylic acids is 1. The molecule has 6 nitrogen and oxygen atoms in total. The topological polar surface area (TPSA) is 92.2 Å². The molecule has 0 atom stereocenters. The Morgan fingerprint density at radius 3 is 2.43 bits per heavy atom. The molecule has 1 amide bonds. The van der Waals surface area contributed by atoms with Crippen molar-refractivity contribution >= 4 is 22.9 Å². The molecule has 1 heterocycles. The average molecular weight is 409 g/mol. The highest BCUT2D eigenvalue weighted by atomic mass is 19.1. The van der Waals surface area contributed by atoms with Gasteiger partial charge in [-0.1, -0.05) is 0 Å². The zero-order chi connectivity index (χ0) is 21.7. The molecule has 0 aliphatic carbocycles. The summed E-state index contributed by atoms with van der Waals surface area (Å²) in [6, 6.07) is 11.2. The fourth-order valence-corrected chi connectivity index (χ4v) is 3.16. The molecule has 0 aliphatic heterocycles. The van der Waals surface area contributed by atoms with Gasteiger partial charge in [-0.05, 0) is 75.6 Å². The maximum Gasteiger partial charge on any atom is 0.303 e. The maximum atomic E-state index is 13.4. The summed E-state index contributed by atoms with van der Waals surface area (Å²) in [6.07, 6.45) is 1.78. The summed E-state index contributed by atoms with van der Waals surface area (Å²) < 4.78 is 13.4. The molecule has 30 heavy (non-hydrogen) atoms. The summed E-state index contributed by atoms with van der Waals surface area (Å²) in [7, 11) is 0. The monoisotopic (exact) mass is 409 g/mol. The van der Waals surface area contributed by atoms with Crippen LogP contribution in [0.3, 0.4) is 0 Å². The second-order valence-electron chi connectivity index (χ2n) is 7.46. The number of carbonyl (C=O) groups is 2. The number of benzene rings is 2. The summed E-state index contributed by atoms with van der Waals surface area (Å²) in [5.74, 6) is -1.35. The van der Waals surface area contributed by atoms with Crippen molar-refractivity contribution in [2.45, 2.75) is 45.6 Å². The first-order valence-electron chi connectivity index (χ1n) is 9.93. The average Bonchev–Trinajstić information content (AvgIpc) is 2.70. The van der Waals surface area contributed by atoms with Gasteiger partial charge in [0.25, 0.3) is 5.91 Å². The molecule has 0 spiro atoms. The fourth-order valence-electron chi connectivity index (χ4n) is 3.16. The SMILES string of the molecule is CC(C)NC(=O)c1ccc2nc(-c3ccc(F)cc3)c(CCCCC(=O)O)nc2c1. The van der Waals surface area contributed by atoms with Gasteiger partial charge in [-0.15, -0.1) is 0 Å². The number of amides is 1. The number of nitrogens with one attached hydrogen (secondary N) is 1. The van der Waals surface area contributed by atoms with Gasteiger partial charge in [-0.3, -0.25) is 9.59 Å². The van der Waals surface area contributed by atoms with Crippen LogP contribution in [-0.4, -0.2) is 33.0 Å². The summed E-state index contributed by atoms with van der Waals surface area (Å²) in [5.41, 5.74) is 3.78. The molecular weight excluding hydrogens is 385 g/mol. The second kappa shape index (κ2) is 9.43. The van der Waals surface area contributed by atoms with Crippen molar-refractivity contribution in [3.63, 3.8) is 0 Å². The minimum atomic E-state index is -0.834. The van der Waals surface area contributed by atoms with Crippen LogP contribution in [-0.2, 0) is 11.2 Å². The summed E-state index contributed by atoms with van der Waals surface area (Å²) in [4.78, 5) is 32.6. The van der Waals surface area contributed by atoms with Gasteiger partial charge in [0.05, 0.1) is 22.4 Å². The van der Waals surface area contributed by atoms with Gasteiger partial charge < -0.3 is 10.4 Å². The van der Waals surface area contributed by atoms with E-state index >= 15 is 0 Å². The van der Waals surface area contributed by atoms with Crippen LogP contribution >= 0.6 is 0 Å². The molecule has 2 aromatic carbocycles. The van der Waals surface area contributed by atoms with E-state index in [0.29, 0.717) is 47.2 Å². The quantitative estimate of drug-likeness (QED) is 0.539. The molecule has 0 saturated carbocycles. The Bertz CT molecular complexity index is 1070. The third kappa shape index (κ3) is 5.37. The molecule has 1 aromatic heterocycles. The number of halogens is 1. The number of carbonyl (C=O) groups excluding carboxylic acids is 1. The van der Waals surface area contributed by atoms with E-state index in [9.17, 15) is 14.0 Å². The van der Waals surface area contributed by atoms with Crippen molar-refractivity contribution in [1.82, 2.24) is 15.3 Å². The van der Waals surface area contributed by atoms with E-state index in [1.54, 1.807) is 30.3 Å². The molecule has 0 bridgehead atoms. The predicted molar refractivity (Wildman–Crippen MR) is 113 cm³/mol. The molecule has 7 heteroatoms. The Labute approximate surface area is 174 Å². The lowest BCUT2D eigenvalue weighted by atomic mass is 10.0. The van der Waals surface area contributed by atoms with Gasteiger partial charge in [0, 0.05) is 23.6 Å². The number of unbranched alkanes of at least 4 members (excludes halogenated alkanes) is 1. The zero-order valence-electron chi connectivity index (χ0n) is 17.0. The number of aliphatic carboxylic acids is 1. The Morgan fingerprint density at radius 2 is 1.77 bits per heavy atom. The number of hydrogen-bond donors (Lipinski definition) is 2. The van der Waals surface area contributed by atoms with Gasteiger partial charge in [-0.2, -0.15) is 0 Å². The number of aromatic nitrogens is 2. The molecule has 0 radical (unpaired) electrons. The zero-order valence-corrected chi connectivity index (χ0v) is 17.0. The molecule has 156 valence electrons. The Balaban J connectivity index is 1.99. The molecule has 2 N–H and O–H groups in total. The second-order valence-corrected chi connectivity index (χ2v) is 7.46. The Hall–Kier alpha value is -3.35. The molecule has 0 unspecified atom stereocenters. The minimum Gasteiger partial charge on any atom is -0.481 e. The van der Waals surface area contributed by atoms with Gasteiger partial charge in [0.2, 0.25) is 0 Å². The van der Waals surface area contributed by atoms with E-state index in [-0.39, 0.29) is 24.2 Å². The van der Waals surface area contributed by atoms with E-state index < -0.39 is 5.97 Å². The van der Waals surface area contributed by atoms with Crippen molar-refractivity contribution in [3.05, 3.63) is 59.5 Å². The Morgan fingerprint density at radius 1 is 1.03 bits per heavy atom. The number of carboxylic acid groups (broad SMARTS) is 1. The maximum absolute atomic E-state index is 13.4. The van der Waals surface area contributed by atoms with Crippen LogP contribution in [0.5, 0.6) is 0 Å². The van der Waals surface area contributed by atoms with Crippen LogP contribution < -0.4 is 5.32 Å².